The van der Waals surface area contributed by atoms with E-state index in [1.165, 1.54) is 38.5 Å². The molecule has 2 saturated carbocycles. The molecule has 0 spiro atoms. The maximum absolute atomic E-state index is 9.16. The summed E-state index contributed by atoms with van der Waals surface area (Å²) in [7, 11) is 0. The number of aliphatic hydroxyl groups excluding tert-OH is 2. The molecule has 0 radical (unpaired) electrons. The number of rotatable bonds is 2. The third-order valence-corrected chi connectivity index (χ3v) is 4.35. The van der Waals surface area contributed by atoms with Gasteiger partial charge in [0.05, 0.1) is 0 Å². The maximum Gasteiger partial charge on any atom is 0.0459 e. The van der Waals surface area contributed by atoms with E-state index in [-0.39, 0.29) is 0 Å². The van der Waals surface area contributed by atoms with E-state index >= 15 is 0 Å². The highest BCUT2D eigenvalue weighted by molar-refractivity contribution is 4.85. The quantitative estimate of drug-likeness (QED) is 0.710. The van der Waals surface area contributed by atoms with Crippen LogP contribution in [-0.2, 0) is 0 Å². The van der Waals surface area contributed by atoms with Gasteiger partial charge in [-0.05, 0) is 62.2 Å². The van der Waals surface area contributed by atoms with Gasteiger partial charge in [0.1, 0.15) is 0 Å². The molecule has 14 heavy (non-hydrogen) atoms. The zero-order chi connectivity index (χ0) is 9.97. The van der Waals surface area contributed by atoms with Crippen LogP contribution in [0.3, 0.4) is 0 Å². The lowest BCUT2D eigenvalue weighted by Gasteiger charge is -2.41. The van der Waals surface area contributed by atoms with Gasteiger partial charge in [-0.25, -0.2) is 0 Å². The molecule has 2 rings (SSSR count). The smallest absolute Gasteiger partial charge is 0.0459 e. The van der Waals surface area contributed by atoms with Crippen molar-refractivity contribution in [3.8, 4) is 0 Å². The van der Waals surface area contributed by atoms with Crippen molar-refractivity contribution in [1.29, 1.82) is 0 Å². The van der Waals surface area contributed by atoms with Gasteiger partial charge in [-0.1, -0.05) is 0 Å². The normalized spacial score (nSPS) is 43.3. The van der Waals surface area contributed by atoms with Gasteiger partial charge in [0, 0.05) is 13.2 Å². The molecule has 0 amide bonds. The van der Waals surface area contributed by atoms with Gasteiger partial charge in [0.15, 0.2) is 0 Å². The van der Waals surface area contributed by atoms with E-state index in [9.17, 15) is 0 Å². The minimum absolute atomic E-state index is 0.368. The predicted octanol–water partition coefficient (Wildman–Crippen LogP) is 1.80. The lowest BCUT2D eigenvalue weighted by atomic mass is 9.65. The van der Waals surface area contributed by atoms with Crippen molar-refractivity contribution in [2.24, 2.45) is 23.7 Å². The molecule has 0 aromatic carbocycles. The van der Waals surface area contributed by atoms with Gasteiger partial charge < -0.3 is 10.2 Å². The van der Waals surface area contributed by atoms with Crippen LogP contribution in [0.2, 0.25) is 0 Å². The van der Waals surface area contributed by atoms with Crippen LogP contribution in [0, 0.1) is 23.7 Å². The van der Waals surface area contributed by atoms with Crippen molar-refractivity contribution >= 4 is 0 Å². The topological polar surface area (TPSA) is 40.5 Å². The molecule has 0 aromatic heterocycles. The van der Waals surface area contributed by atoms with Crippen molar-refractivity contribution in [2.75, 3.05) is 13.2 Å². The van der Waals surface area contributed by atoms with Crippen LogP contribution in [0.5, 0.6) is 0 Å². The molecule has 2 aliphatic carbocycles. The lowest BCUT2D eigenvalue weighted by molar-refractivity contribution is 0.0539. The zero-order valence-corrected chi connectivity index (χ0v) is 8.86. The molecule has 2 atom stereocenters. The fraction of sp³-hybridized carbons (Fsp3) is 1.00. The van der Waals surface area contributed by atoms with E-state index in [1.807, 2.05) is 0 Å². The number of hydrogen-bond acceptors (Lipinski definition) is 2. The lowest BCUT2D eigenvalue weighted by Crippen LogP contribution is -2.33. The first-order chi connectivity index (χ1) is 6.83. The summed E-state index contributed by atoms with van der Waals surface area (Å²) in [5.41, 5.74) is 0. The zero-order valence-electron chi connectivity index (χ0n) is 8.86. The second-order valence-electron chi connectivity index (χ2n) is 5.24. The van der Waals surface area contributed by atoms with Gasteiger partial charge in [-0.3, -0.25) is 0 Å². The SMILES string of the molecule is OCC1CCC2CCC(CO)CC2C1. The molecular formula is C12H22O2. The van der Waals surface area contributed by atoms with E-state index in [0.717, 1.165) is 11.8 Å². The molecule has 2 nitrogen and oxygen atoms in total. The Hall–Kier alpha value is -0.0800. The number of hydrogen-bond donors (Lipinski definition) is 2. The highest BCUT2D eigenvalue weighted by Gasteiger charge is 2.34. The Labute approximate surface area is 86.3 Å². The Kier molecular flexibility index (Phi) is 3.45. The van der Waals surface area contributed by atoms with Crippen LogP contribution < -0.4 is 0 Å². The van der Waals surface area contributed by atoms with Gasteiger partial charge in [-0.2, -0.15) is 0 Å². The Morgan fingerprint density at radius 1 is 0.714 bits per heavy atom. The molecule has 2 unspecified atom stereocenters. The standard InChI is InChI=1S/C12H22O2/c13-7-9-1-3-11-4-2-10(8-14)6-12(11)5-9/h9-14H,1-8H2. The Morgan fingerprint density at radius 2 is 1.21 bits per heavy atom. The van der Waals surface area contributed by atoms with Gasteiger partial charge >= 0.3 is 0 Å². The van der Waals surface area contributed by atoms with Crippen LogP contribution in [0.1, 0.15) is 38.5 Å². The van der Waals surface area contributed by atoms with E-state index in [0.29, 0.717) is 25.0 Å². The van der Waals surface area contributed by atoms with Crippen molar-refractivity contribution in [2.45, 2.75) is 38.5 Å². The van der Waals surface area contributed by atoms with Crippen molar-refractivity contribution < 1.29 is 10.2 Å². The summed E-state index contributed by atoms with van der Waals surface area (Å²) in [4.78, 5) is 0. The first kappa shape index (κ1) is 10.4. The van der Waals surface area contributed by atoms with Crippen molar-refractivity contribution in [3.05, 3.63) is 0 Å². The minimum Gasteiger partial charge on any atom is -0.396 e. The van der Waals surface area contributed by atoms with E-state index < -0.39 is 0 Å². The number of aliphatic hydroxyl groups is 2. The summed E-state index contributed by atoms with van der Waals surface area (Å²) in [6.45, 7) is 0.736. The predicted molar refractivity (Wildman–Crippen MR) is 55.8 cm³/mol. The molecule has 2 fully saturated rings. The minimum atomic E-state index is 0.368. The fourth-order valence-corrected chi connectivity index (χ4v) is 3.42. The summed E-state index contributed by atoms with van der Waals surface area (Å²) in [6.07, 6.45) is 7.49. The average molecular weight is 198 g/mol. The van der Waals surface area contributed by atoms with Crippen molar-refractivity contribution in [1.82, 2.24) is 0 Å². The fourth-order valence-electron chi connectivity index (χ4n) is 3.42. The molecule has 0 aliphatic heterocycles. The van der Waals surface area contributed by atoms with E-state index in [2.05, 4.69) is 0 Å². The summed E-state index contributed by atoms with van der Waals surface area (Å²) in [5.74, 6) is 2.80. The van der Waals surface area contributed by atoms with Crippen LogP contribution in [0.4, 0.5) is 0 Å². The van der Waals surface area contributed by atoms with E-state index in [4.69, 9.17) is 10.2 Å². The Morgan fingerprint density at radius 3 is 1.64 bits per heavy atom. The van der Waals surface area contributed by atoms with Crippen LogP contribution in [-0.4, -0.2) is 23.4 Å². The van der Waals surface area contributed by atoms with Crippen LogP contribution >= 0.6 is 0 Å². The monoisotopic (exact) mass is 198 g/mol. The summed E-state index contributed by atoms with van der Waals surface area (Å²) < 4.78 is 0. The van der Waals surface area contributed by atoms with Gasteiger partial charge in [0.2, 0.25) is 0 Å². The highest BCUT2D eigenvalue weighted by Crippen LogP contribution is 2.44. The molecule has 2 aliphatic rings. The van der Waals surface area contributed by atoms with E-state index in [1.54, 1.807) is 0 Å². The van der Waals surface area contributed by atoms with Gasteiger partial charge in [0.25, 0.3) is 0 Å². The van der Waals surface area contributed by atoms with Crippen LogP contribution in [0.15, 0.2) is 0 Å². The van der Waals surface area contributed by atoms with Crippen molar-refractivity contribution in [3.63, 3.8) is 0 Å². The molecule has 82 valence electrons. The maximum atomic E-state index is 9.16. The third kappa shape index (κ3) is 2.12. The van der Waals surface area contributed by atoms with Gasteiger partial charge in [-0.15, -0.1) is 0 Å². The third-order valence-electron chi connectivity index (χ3n) is 4.35. The molecule has 0 aromatic rings. The first-order valence-corrected chi connectivity index (χ1v) is 6.05. The molecule has 2 heteroatoms. The summed E-state index contributed by atoms with van der Waals surface area (Å²) in [5, 5.41) is 18.3. The molecule has 2 N–H and O–H groups in total. The molecule has 0 heterocycles. The summed E-state index contributed by atoms with van der Waals surface area (Å²) in [6, 6.07) is 0. The second kappa shape index (κ2) is 4.63. The average Bonchev–Trinajstić information content (AvgIpc) is 2.27. The Balaban J connectivity index is 1.90. The van der Waals surface area contributed by atoms with Crippen LogP contribution in [0.25, 0.3) is 0 Å². The molecule has 0 bridgehead atoms. The highest BCUT2D eigenvalue weighted by atomic mass is 16.3. The largest absolute Gasteiger partial charge is 0.396 e. The number of fused-ring (bicyclic) bond motifs is 1. The summed E-state index contributed by atoms with van der Waals surface area (Å²) >= 11 is 0. The first-order valence-electron chi connectivity index (χ1n) is 6.05. The molecular weight excluding hydrogens is 176 g/mol. The Bertz CT molecular complexity index is 163. The molecule has 0 saturated heterocycles. The second-order valence-corrected chi connectivity index (χ2v) is 5.24.